The van der Waals surface area contributed by atoms with E-state index in [1.807, 2.05) is 13.8 Å². The molecule has 1 aromatic carbocycles. The maximum atomic E-state index is 12.6. The van der Waals surface area contributed by atoms with Gasteiger partial charge in [0.15, 0.2) is 5.78 Å². The molecule has 2 rings (SSSR count). The van der Waals surface area contributed by atoms with Crippen molar-refractivity contribution in [3.05, 3.63) is 33.8 Å². The van der Waals surface area contributed by atoms with E-state index in [-0.39, 0.29) is 5.78 Å². The van der Waals surface area contributed by atoms with Crippen molar-refractivity contribution in [2.75, 3.05) is 26.3 Å². The molecule has 0 amide bonds. The highest BCUT2D eigenvalue weighted by atomic mass is 35.5. The van der Waals surface area contributed by atoms with Crippen LogP contribution >= 0.6 is 23.2 Å². The highest BCUT2D eigenvalue weighted by Crippen LogP contribution is 2.27. The van der Waals surface area contributed by atoms with Crippen LogP contribution in [0.1, 0.15) is 24.2 Å². The van der Waals surface area contributed by atoms with E-state index in [4.69, 9.17) is 27.9 Å². The standard InChI is InChI=1S/C14H17Cl2NO2/c1-14(2,17-5-7-19-8-6-17)13(18)10-3-4-11(15)12(16)9-10/h3-4,9H,5-8H2,1-2H3. The maximum Gasteiger partial charge on any atom is 0.182 e. The van der Waals surface area contributed by atoms with E-state index in [0.29, 0.717) is 28.8 Å². The zero-order chi connectivity index (χ0) is 14.0. The summed E-state index contributed by atoms with van der Waals surface area (Å²) in [6.07, 6.45) is 0. The molecule has 19 heavy (non-hydrogen) atoms. The minimum atomic E-state index is -0.569. The number of Topliss-reactive ketones (excluding diaryl/α,β-unsaturated/α-hetero) is 1. The van der Waals surface area contributed by atoms with Crippen LogP contribution < -0.4 is 0 Å². The molecule has 1 aliphatic heterocycles. The molecule has 0 atom stereocenters. The van der Waals surface area contributed by atoms with E-state index in [9.17, 15) is 4.79 Å². The van der Waals surface area contributed by atoms with Gasteiger partial charge in [-0.1, -0.05) is 23.2 Å². The minimum absolute atomic E-state index is 0.0490. The summed E-state index contributed by atoms with van der Waals surface area (Å²) in [4.78, 5) is 14.8. The number of halogens is 2. The second-order valence-corrected chi connectivity index (χ2v) is 5.93. The normalized spacial score (nSPS) is 17.5. The van der Waals surface area contributed by atoms with E-state index in [2.05, 4.69) is 4.90 Å². The van der Waals surface area contributed by atoms with Gasteiger partial charge < -0.3 is 4.74 Å². The molecule has 104 valence electrons. The molecule has 1 fully saturated rings. The van der Waals surface area contributed by atoms with Gasteiger partial charge in [-0.3, -0.25) is 9.69 Å². The fraction of sp³-hybridized carbons (Fsp3) is 0.500. The SMILES string of the molecule is CC(C)(C(=O)c1ccc(Cl)c(Cl)c1)N1CCOCC1. The Hall–Kier alpha value is -0.610. The van der Waals surface area contributed by atoms with E-state index >= 15 is 0 Å². The van der Waals surface area contributed by atoms with E-state index < -0.39 is 5.54 Å². The zero-order valence-corrected chi connectivity index (χ0v) is 12.6. The number of benzene rings is 1. The molecule has 1 saturated heterocycles. The van der Waals surface area contributed by atoms with E-state index in [1.165, 1.54) is 0 Å². The summed E-state index contributed by atoms with van der Waals surface area (Å²) < 4.78 is 5.32. The van der Waals surface area contributed by atoms with Crippen LogP contribution in [0.25, 0.3) is 0 Å². The van der Waals surface area contributed by atoms with Crippen molar-refractivity contribution in [1.29, 1.82) is 0 Å². The van der Waals surface area contributed by atoms with Crippen molar-refractivity contribution < 1.29 is 9.53 Å². The van der Waals surface area contributed by atoms with Gasteiger partial charge in [-0.15, -0.1) is 0 Å². The Balaban J connectivity index is 2.23. The molecule has 0 aliphatic carbocycles. The number of ketones is 1. The average Bonchev–Trinajstić information content (AvgIpc) is 2.42. The predicted octanol–water partition coefficient (Wildman–Crippen LogP) is 3.29. The summed E-state index contributed by atoms with van der Waals surface area (Å²) in [5.41, 5.74) is 0.0203. The van der Waals surface area contributed by atoms with Gasteiger partial charge >= 0.3 is 0 Å². The molecule has 3 nitrogen and oxygen atoms in total. The van der Waals surface area contributed by atoms with Gasteiger partial charge in [0, 0.05) is 18.7 Å². The third-order valence-electron chi connectivity index (χ3n) is 3.54. The Morgan fingerprint density at radius 1 is 1.21 bits per heavy atom. The molecule has 1 heterocycles. The first-order chi connectivity index (χ1) is 8.93. The number of hydrogen-bond acceptors (Lipinski definition) is 3. The number of morpholine rings is 1. The van der Waals surface area contributed by atoms with E-state index in [1.54, 1.807) is 18.2 Å². The first-order valence-electron chi connectivity index (χ1n) is 6.25. The minimum Gasteiger partial charge on any atom is -0.379 e. The van der Waals surface area contributed by atoms with Crippen LogP contribution in [0.5, 0.6) is 0 Å². The van der Waals surface area contributed by atoms with Crippen LogP contribution in [0.15, 0.2) is 18.2 Å². The van der Waals surface area contributed by atoms with Gasteiger partial charge in [0.05, 0.1) is 28.8 Å². The number of hydrogen-bond donors (Lipinski definition) is 0. The summed E-state index contributed by atoms with van der Waals surface area (Å²) in [7, 11) is 0. The van der Waals surface area contributed by atoms with Gasteiger partial charge in [0.1, 0.15) is 0 Å². The lowest BCUT2D eigenvalue weighted by atomic mass is 9.91. The largest absolute Gasteiger partial charge is 0.379 e. The lowest BCUT2D eigenvalue weighted by Crippen LogP contribution is -2.54. The summed E-state index contributed by atoms with van der Waals surface area (Å²) in [5.74, 6) is 0.0490. The number of carbonyl (C=O) groups excluding carboxylic acids is 1. The summed E-state index contributed by atoms with van der Waals surface area (Å²) in [6.45, 7) is 6.72. The molecule has 0 unspecified atom stereocenters. The first kappa shape index (κ1) is 14.8. The molecule has 0 N–H and O–H groups in total. The fourth-order valence-corrected chi connectivity index (χ4v) is 2.55. The van der Waals surface area contributed by atoms with Gasteiger partial charge in [0.25, 0.3) is 0 Å². The molecule has 5 heteroatoms. The van der Waals surface area contributed by atoms with E-state index in [0.717, 1.165) is 13.1 Å². The third kappa shape index (κ3) is 3.11. The lowest BCUT2D eigenvalue weighted by Gasteiger charge is -2.39. The second-order valence-electron chi connectivity index (χ2n) is 5.12. The molecular formula is C14H17Cl2NO2. The zero-order valence-electron chi connectivity index (χ0n) is 11.1. The number of nitrogens with zero attached hydrogens (tertiary/aromatic N) is 1. The Kier molecular flexibility index (Phi) is 4.51. The number of rotatable bonds is 3. The highest BCUT2D eigenvalue weighted by molar-refractivity contribution is 6.42. The smallest absolute Gasteiger partial charge is 0.182 e. The Labute approximate surface area is 123 Å². The monoisotopic (exact) mass is 301 g/mol. The molecule has 0 aromatic heterocycles. The molecule has 0 radical (unpaired) electrons. The molecule has 0 spiro atoms. The summed E-state index contributed by atoms with van der Waals surface area (Å²) in [5, 5.41) is 0.868. The quantitative estimate of drug-likeness (QED) is 0.803. The van der Waals surface area contributed by atoms with Crippen LogP contribution in [0, 0.1) is 0 Å². The molecule has 0 bridgehead atoms. The Morgan fingerprint density at radius 3 is 2.42 bits per heavy atom. The van der Waals surface area contributed by atoms with Crippen LogP contribution in [0.4, 0.5) is 0 Å². The number of carbonyl (C=O) groups is 1. The van der Waals surface area contributed by atoms with Crippen molar-refractivity contribution in [1.82, 2.24) is 4.90 Å². The molecular weight excluding hydrogens is 285 g/mol. The molecule has 1 aromatic rings. The second kappa shape index (κ2) is 5.80. The van der Waals surface area contributed by atoms with Crippen molar-refractivity contribution in [2.45, 2.75) is 19.4 Å². The lowest BCUT2D eigenvalue weighted by molar-refractivity contribution is -0.00429. The molecule has 0 saturated carbocycles. The average molecular weight is 302 g/mol. The van der Waals surface area contributed by atoms with Gasteiger partial charge in [-0.2, -0.15) is 0 Å². The summed E-state index contributed by atoms with van der Waals surface area (Å²) in [6, 6.07) is 5.01. The van der Waals surface area contributed by atoms with Crippen LogP contribution in [0.3, 0.4) is 0 Å². The summed E-state index contributed by atoms with van der Waals surface area (Å²) >= 11 is 11.9. The van der Waals surface area contributed by atoms with Crippen molar-refractivity contribution in [2.24, 2.45) is 0 Å². The topological polar surface area (TPSA) is 29.5 Å². The fourth-order valence-electron chi connectivity index (χ4n) is 2.26. The van der Waals surface area contributed by atoms with Gasteiger partial charge in [-0.05, 0) is 32.0 Å². The maximum absolute atomic E-state index is 12.6. The van der Waals surface area contributed by atoms with Crippen molar-refractivity contribution >= 4 is 29.0 Å². The third-order valence-corrected chi connectivity index (χ3v) is 4.28. The van der Waals surface area contributed by atoms with Crippen molar-refractivity contribution in [3.8, 4) is 0 Å². The Bertz CT molecular complexity index is 482. The van der Waals surface area contributed by atoms with Crippen LogP contribution in [-0.4, -0.2) is 42.5 Å². The van der Waals surface area contributed by atoms with Gasteiger partial charge in [-0.25, -0.2) is 0 Å². The highest BCUT2D eigenvalue weighted by Gasteiger charge is 2.36. The predicted molar refractivity (Wildman–Crippen MR) is 77.3 cm³/mol. The van der Waals surface area contributed by atoms with Gasteiger partial charge in [0.2, 0.25) is 0 Å². The number of ether oxygens (including phenoxy) is 1. The first-order valence-corrected chi connectivity index (χ1v) is 7.01. The van der Waals surface area contributed by atoms with Crippen LogP contribution in [0.2, 0.25) is 10.0 Å². The Morgan fingerprint density at radius 2 is 1.84 bits per heavy atom. The van der Waals surface area contributed by atoms with Crippen LogP contribution in [-0.2, 0) is 4.74 Å². The van der Waals surface area contributed by atoms with Crippen molar-refractivity contribution in [3.63, 3.8) is 0 Å². The molecule has 1 aliphatic rings.